The summed E-state index contributed by atoms with van der Waals surface area (Å²) in [6, 6.07) is 12.4. The van der Waals surface area contributed by atoms with E-state index in [2.05, 4.69) is 10.1 Å². The van der Waals surface area contributed by atoms with Crippen LogP contribution >= 0.6 is 23.4 Å². The van der Waals surface area contributed by atoms with Crippen LogP contribution < -0.4 is 5.32 Å². The van der Waals surface area contributed by atoms with Gasteiger partial charge < -0.3 is 10.1 Å². The van der Waals surface area contributed by atoms with E-state index in [1.54, 1.807) is 30.3 Å². The number of hydrogen-bond donors (Lipinski definition) is 1. The molecule has 1 aliphatic rings. The first-order valence-corrected chi connectivity index (χ1v) is 7.96. The molecule has 1 amide bonds. The monoisotopic (exact) mass is 345 g/mol. The second-order valence-electron chi connectivity index (χ2n) is 4.79. The third-order valence-corrected chi connectivity index (χ3v) is 4.73. The van der Waals surface area contributed by atoms with Gasteiger partial charge in [0.15, 0.2) is 0 Å². The van der Waals surface area contributed by atoms with Crippen LogP contribution in [0.5, 0.6) is 0 Å². The molecule has 0 unspecified atom stereocenters. The maximum absolute atomic E-state index is 12.3. The van der Waals surface area contributed by atoms with Crippen LogP contribution in [0.25, 0.3) is 6.08 Å². The Hall–Kier alpha value is -2.24. The first kappa shape index (κ1) is 15.6. The predicted molar refractivity (Wildman–Crippen MR) is 91.7 cm³/mol. The van der Waals surface area contributed by atoms with E-state index >= 15 is 0 Å². The molecule has 0 atom stereocenters. The van der Waals surface area contributed by atoms with Crippen molar-refractivity contribution in [1.29, 1.82) is 0 Å². The molecule has 0 spiro atoms. The molecule has 0 saturated carbocycles. The van der Waals surface area contributed by atoms with Crippen molar-refractivity contribution in [1.82, 2.24) is 0 Å². The molecule has 0 bridgehead atoms. The summed E-state index contributed by atoms with van der Waals surface area (Å²) in [6.07, 6.45) is 1.75. The molecule has 0 saturated heterocycles. The number of rotatable bonds is 2. The second-order valence-corrected chi connectivity index (χ2v) is 6.28. The minimum atomic E-state index is -0.440. The molecule has 3 rings (SSSR count). The Kier molecular flexibility index (Phi) is 4.41. The first-order chi connectivity index (χ1) is 11.1. The number of methoxy groups -OCH3 is 1. The zero-order valence-corrected chi connectivity index (χ0v) is 13.7. The van der Waals surface area contributed by atoms with E-state index in [4.69, 9.17) is 11.6 Å². The maximum Gasteiger partial charge on any atom is 0.337 e. The van der Waals surface area contributed by atoms with Gasteiger partial charge in [0.1, 0.15) is 0 Å². The lowest BCUT2D eigenvalue weighted by Gasteiger charge is -2.19. The number of thioether (sulfide) groups is 1. The Labute approximate surface area is 142 Å². The Bertz CT molecular complexity index is 832. The quantitative estimate of drug-likeness (QED) is 0.654. The lowest BCUT2D eigenvalue weighted by Crippen LogP contribution is -2.18. The van der Waals surface area contributed by atoms with Gasteiger partial charge in [0.05, 0.1) is 23.3 Å². The summed E-state index contributed by atoms with van der Waals surface area (Å²) in [5.74, 6) is -0.672. The topological polar surface area (TPSA) is 55.4 Å². The Morgan fingerprint density at radius 2 is 2.04 bits per heavy atom. The highest BCUT2D eigenvalue weighted by Gasteiger charge is 2.22. The summed E-state index contributed by atoms with van der Waals surface area (Å²) in [5.41, 5.74) is 1.77. The Morgan fingerprint density at radius 1 is 1.26 bits per heavy atom. The van der Waals surface area contributed by atoms with E-state index in [0.717, 1.165) is 10.5 Å². The molecular weight excluding hydrogens is 334 g/mol. The van der Waals surface area contributed by atoms with Gasteiger partial charge in [-0.05, 0) is 35.9 Å². The zero-order valence-electron chi connectivity index (χ0n) is 12.1. The average molecular weight is 346 g/mol. The molecule has 0 aromatic heterocycles. The van der Waals surface area contributed by atoms with E-state index < -0.39 is 5.97 Å². The number of hydrogen-bond acceptors (Lipinski definition) is 4. The van der Waals surface area contributed by atoms with Crippen LogP contribution in [-0.2, 0) is 9.53 Å². The van der Waals surface area contributed by atoms with Crippen LogP contribution in [0, 0.1) is 0 Å². The third-order valence-electron chi connectivity index (χ3n) is 3.28. The number of carbonyl (C=O) groups excluding carboxylic acids is 2. The second kappa shape index (κ2) is 6.48. The number of fused-ring (bicyclic) bond motifs is 1. The molecule has 0 aliphatic carbocycles. The molecular formula is C17H12ClNO3S. The van der Waals surface area contributed by atoms with Gasteiger partial charge in [-0.2, -0.15) is 0 Å². The number of halogens is 1. The van der Waals surface area contributed by atoms with Crippen molar-refractivity contribution < 1.29 is 14.3 Å². The zero-order chi connectivity index (χ0) is 16.4. The fourth-order valence-electron chi connectivity index (χ4n) is 2.14. The van der Waals surface area contributed by atoms with Crippen molar-refractivity contribution in [2.45, 2.75) is 4.90 Å². The highest BCUT2D eigenvalue weighted by Crippen LogP contribution is 2.39. The van der Waals surface area contributed by atoms with Gasteiger partial charge in [-0.15, -0.1) is 0 Å². The average Bonchev–Trinajstić information content (AvgIpc) is 2.56. The maximum atomic E-state index is 12.3. The molecule has 6 heteroatoms. The molecule has 0 fully saturated rings. The van der Waals surface area contributed by atoms with Gasteiger partial charge in [0.25, 0.3) is 5.91 Å². The summed E-state index contributed by atoms with van der Waals surface area (Å²) in [7, 11) is 1.32. The van der Waals surface area contributed by atoms with Crippen molar-refractivity contribution in [3.63, 3.8) is 0 Å². The highest BCUT2D eigenvalue weighted by molar-refractivity contribution is 8.04. The third kappa shape index (κ3) is 3.25. The molecule has 1 aliphatic heterocycles. The van der Waals surface area contributed by atoms with Crippen LogP contribution in [0.3, 0.4) is 0 Å². The van der Waals surface area contributed by atoms with Crippen molar-refractivity contribution >= 4 is 47.0 Å². The van der Waals surface area contributed by atoms with Gasteiger partial charge in [-0.25, -0.2) is 4.79 Å². The minimum absolute atomic E-state index is 0.232. The molecule has 1 N–H and O–H groups in total. The molecule has 2 aromatic carbocycles. The summed E-state index contributed by atoms with van der Waals surface area (Å²) in [4.78, 5) is 25.2. The molecule has 4 nitrogen and oxygen atoms in total. The first-order valence-electron chi connectivity index (χ1n) is 6.76. The van der Waals surface area contributed by atoms with Crippen LogP contribution in [0.2, 0.25) is 5.02 Å². The van der Waals surface area contributed by atoms with Crippen molar-refractivity contribution in [3.05, 3.63) is 63.5 Å². The summed E-state index contributed by atoms with van der Waals surface area (Å²) in [6.45, 7) is 0. The number of ether oxygens (including phenoxy) is 1. The highest BCUT2D eigenvalue weighted by atomic mass is 35.5. The summed E-state index contributed by atoms with van der Waals surface area (Å²) in [5, 5.41) is 3.37. The molecule has 1 heterocycles. The Morgan fingerprint density at radius 3 is 2.78 bits per heavy atom. The van der Waals surface area contributed by atoms with Gasteiger partial charge in [-0.1, -0.05) is 41.6 Å². The van der Waals surface area contributed by atoms with Crippen molar-refractivity contribution in [2.75, 3.05) is 12.4 Å². The molecule has 116 valence electrons. The van der Waals surface area contributed by atoms with E-state index in [0.29, 0.717) is 21.2 Å². The van der Waals surface area contributed by atoms with E-state index in [9.17, 15) is 9.59 Å². The molecule has 23 heavy (non-hydrogen) atoms. The number of anilines is 1. The predicted octanol–water partition coefficient (Wildman–Crippen LogP) is 4.21. The van der Waals surface area contributed by atoms with Gasteiger partial charge in [-0.3, -0.25) is 4.79 Å². The normalized spacial score (nSPS) is 15.0. The van der Waals surface area contributed by atoms with E-state index in [-0.39, 0.29) is 5.91 Å². The fourth-order valence-corrected chi connectivity index (χ4v) is 3.25. The van der Waals surface area contributed by atoms with Gasteiger partial charge in [0, 0.05) is 9.92 Å². The van der Waals surface area contributed by atoms with Crippen molar-refractivity contribution in [2.24, 2.45) is 0 Å². The smallest absolute Gasteiger partial charge is 0.337 e. The lowest BCUT2D eigenvalue weighted by atomic mass is 10.2. The molecule has 2 aromatic rings. The number of nitrogens with one attached hydrogen (secondary N) is 1. The molecule has 0 radical (unpaired) electrons. The lowest BCUT2D eigenvalue weighted by molar-refractivity contribution is -0.112. The number of esters is 1. The van der Waals surface area contributed by atoms with Crippen LogP contribution in [0.4, 0.5) is 5.69 Å². The van der Waals surface area contributed by atoms with Crippen LogP contribution in [-0.4, -0.2) is 19.0 Å². The van der Waals surface area contributed by atoms with E-state index in [1.807, 2.05) is 18.2 Å². The SMILES string of the molecule is COC(=O)c1ccc2c(c1)NC(=O)C(=Cc1ccccc1Cl)S2. The summed E-state index contributed by atoms with van der Waals surface area (Å²) >= 11 is 7.46. The van der Waals surface area contributed by atoms with Gasteiger partial charge in [0.2, 0.25) is 0 Å². The van der Waals surface area contributed by atoms with Crippen LogP contribution in [0.1, 0.15) is 15.9 Å². The number of amides is 1. The van der Waals surface area contributed by atoms with Gasteiger partial charge >= 0.3 is 5.97 Å². The van der Waals surface area contributed by atoms with E-state index in [1.165, 1.54) is 18.9 Å². The number of carbonyl (C=O) groups is 2. The number of benzene rings is 2. The van der Waals surface area contributed by atoms with Crippen molar-refractivity contribution in [3.8, 4) is 0 Å². The fraction of sp³-hybridized carbons (Fsp3) is 0.0588. The minimum Gasteiger partial charge on any atom is -0.465 e. The van der Waals surface area contributed by atoms with Crippen LogP contribution in [0.15, 0.2) is 52.3 Å². The largest absolute Gasteiger partial charge is 0.465 e. The summed E-state index contributed by atoms with van der Waals surface area (Å²) < 4.78 is 4.68. The Balaban J connectivity index is 1.94. The standard InChI is InChI=1S/C17H12ClNO3S/c1-22-17(21)11-6-7-14-13(8-11)19-16(20)15(23-14)9-10-4-2-3-5-12(10)18/h2-9H,1H3,(H,19,20).